The first kappa shape index (κ1) is 22.7. The van der Waals surface area contributed by atoms with E-state index < -0.39 is 0 Å². The average Bonchev–Trinajstić information content (AvgIpc) is 3.38. The molecule has 5 heterocycles. The van der Waals surface area contributed by atoms with Crippen LogP contribution >= 0.6 is 0 Å². The van der Waals surface area contributed by atoms with Crippen molar-refractivity contribution in [1.29, 1.82) is 0 Å². The fraction of sp³-hybridized carbons (Fsp3) is 0.321. The maximum Gasteiger partial charge on any atom is 0.228 e. The molecule has 0 amide bonds. The monoisotopic (exact) mass is 484 g/mol. The number of hydrogen-bond donors (Lipinski definition) is 0. The van der Waals surface area contributed by atoms with Gasteiger partial charge >= 0.3 is 0 Å². The number of aryl methyl sites for hydroxylation is 1. The number of ether oxygens (including phenoxy) is 2. The van der Waals surface area contributed by atoms with E-state index in [1.54, 1.807) is 18.2 Å². The molecule has 1 aromatic carbocycles. The molecule has 1 fully saturated rings. The van der Waals surface area contributed by atoms with Crippen LogP contribution in [-0.4, -0.2) is 64.9 Å². The molecule has 0 spiro atoms. The van der Waals surface area contributed by atoms with Gasteiger partial charge in [0.1, 0.15) is 13.2 Å². The van der Waals surface area contributed by atoms with E-state index in [2.05, 4.69) is 25.8 Å². The Morgan fingerprint density at radius 1 is 0.944 bits per heavy atom. The fourth-order valence-electron chi connectivity index (χ4n) is 4.86. The lowest BCUT2D eigenvalue weighted by molar-refractivity contribution is 0.101. The van der Waals surface area contributed by atoms with Crippen molar-refractivity contribution in [3.05, 3.63) is 83.1 Å². The summed E-state index contributed by atoms with van der Waals surface area (Å²) in [7, 11) is 0. The lowest BCUT2D eigenvalue weighted by atomic mass is 10.1. The van der Waals surface area contributed by atoms with Crippen LogP contribution < -0.4 is 9.47 Å². The average molecular weight is 485 g/mol. The quantitative estimate of drug-likeness (QED) is 0.382. The molecule has 0 bridgehead atoms. The highest BCUT2D eigenvalue weighted by Crippen LogP contribution is 2.33. The number of carbonyl (C=O) groups excluding carboxylic acids is 1. The summed E-state index contributed by atoms with van der Waals surface area (Å²) in [5, 5.41) is 0.946. The molecule has 0 N–H and O–H groups in total. The number of fused-ring (bicyclic) bond motifs is 2. The van der Waals surface area contributed by atoms with E-state index in [0.29, 0.717) is 41.6 Å². The van der Waals surface area contributed by atoms with Gasteiger partial charge in [-0.3, -0.25) is 24.6 Å². The molecular weight excluding hydrogens is 456 g/mol. The highest BCUT2D eigenvalue weighted by atomic mass is 16.6. The minimum Gasteiger partial charge on any atom is -0.486 e. The van der Waals surface area contributed by atoms with Gasteiger partial charge in [-0.05, 0) is 48.4 Å². The van der Waals surface area contributed by atoms with Gasteiger partial charge in [0, 0.05) is 68.8 Å². The summed E-state index contributed by atoms with van der Waals surface area (Å²) in [5.41, 5.74) is 4.26. The first-order valence-electron chi connectivity index (χ1n) is 12.3. The van der Waals surface area contributed by atoms with Crippen molar-refractivity contribution in [2.45, 2.75) is 20.0 Å². The summed E-state index contributed by atoms with van der Waals surface area (Å²) in [4.78, 5) is 26.9. The molecule has 6 rings (SSSR count). The predicted molar refractivity (Wildman–Crippen MR) is 134 cm³/mol. The molecule has 8 nitrogen and oxygen atoms in total. The van der Waals surface area contributed by atoms with E-state index in [9.17, 15) is 4.79 Å². The van der Waals surface area contributed by atoms with Crippen molar-refractivity contribution in [1.82, 2.24) is 19.8 Å². The minimum atomic E-state index is -0.183. The predicted octanol–water partition coefficient (Wildman–Crippen LogP) is 3.85. The summed E-state index contributed by atoms with van der Waals surface area (Å²) >= 11 is 0. The fourth-order valence-corrected chi connectivity index (χ4v) is 4.86. The molecule has 3 aromatic heterocycles. The Hall–Kier alpha value is -3.75. The van der Waals surface area contributed by atoms with Gasteiger partial charge in [-0.15, -0.1) is 0 Å². The number of hydrogen-bond acceptors (Lipinski definition) is 8. The molecule has 0 atom stereocenters. The van der Waals surface area contributed by atoms with E-state index in [4.69, 9.17) is 13.9 Å². The van der Waals surface area contributed by atoms with E-state index in [0.717, 1.165) is 55.9 Å². The van der Waals surface area contributed by atoms with Crippen molar-refractivity contribution < 1.29 is 18.7 Å². The molecule has 1 saturated heterocycles. The van der Waals surface area contributed by atoms with Gasteiger partial charge in [0.05, 0.1) is 5.69 Å². The van der Waals surface area contributed by atoms with Crippen LogP contribution in [0.15, 0.2) is 59.4 Å². The first-order valence-corrected chi connectivity index (χ1v) is 12.3. The van der Waals surface area contributed by atoms with Crippen LogP contribution in [-0.2, 0) is 13.1 Å². The summed E-state index contributed by atoms with van der Waals surface area (Å²) in [6.07, 6.45) is 5.65. The van der Waals surface area contributed by atoms with Gasteiger partial charge in [-0.1, -0.05) is 6.07 Å². The third kappa shape index (κ3) is 4.57. The van der Waals surface area contributed by atoms with Crippen LogP contribution in [0.5, 0.6) is 11.5 Å². The molecule has 0 radical (unpaired) electrons. The van der Waals surface area contributed by atoms with Gasteiger partial charge in [0.15, 0.2) is 22.8 Å². The minimum absolute atomic E-state index is 0.183. The topological polar surface area (TPSA) is 80.9 Å². The second-order valence-corrected chi connectivity index (χ2v) is 9.32. The van der Waals surface area contributed by atoms with Crippen LogP contribution in [0.1, 0.15) is 32.9 Å². The molecule has 184 valence electrons. The number of ketones is 1. The molecule has 8 heteroatoms. The number of carbonyl (C=O) groups is 1. The number of pyridine rings is 2. The van der Waals surface area contributed by atoms with Crippen molar-refractivity contribution >= 4 is 16.8 Å². The van der Waals surface area contributed by atoms with Gasteiger partial charge in [0.25, 0.3) is 0 Å². The molecule has 0 unspecified atom stereocenters. The van der Waals surface area contributed by atoms with Crippen LogP contribution in [0.25, 0.3) is 11.0 Å². The van der Waals surface area contributed by atoms with Crippen LogP contribution in [0.2, 0.25) is 0 Å². The Bertz CT molecular complexity index is 1390. The van der Waals surface area contributed by atoms with Crippen molar-refractivity contribution in [3.63, 3.8) is 0 Å². The molecule has 0 saturated carbocycles. The highest BCUT2D eigenvalue weighted by molar-refractivity contribution is 6.09. The second kappa shape index (κ2) is 9.72. The van der Waals surface area contributed by atoms with Gasteiger partial charge in [0.2, 0.25) is 5.78 Å². The largest absolute Gasteiger partial charge is 0.486 e. The Morgan fingerprint density at radius 3 is 2.50 bits per heavy atom. The van der Waals surface area contributed by atoms with E-state index in [-0.39, 0.29) is 5.78 Å². The number of aromatic nitrogens is 2. The SMILES string of the molecule is Cc1ncc(CN2CCN(Cc3cccnc3)CC2)c2cc(C(=O)c3ccc4c(c3)OCCO4)oc12. The normalized spacial score (nSPS) is 16.4. The van der Waals surface area contributed by atoms with Gasteiger partial charge in [-0.2, -0.15) is 0 Å². The number of benzene rings is 1. The molecule has 36 heavy (non-hydrogen) atoms. The van der Waals surface area contributed by atoms with Crippen LogP contribution in [0.3, 0.4) is 0 Å². The lowest BCUT2D eigenvalue weighted by Crippen LogP contribution is -2.45. The maximum atomic E-state index is 13.3. The molecule has 2 aliphatic rings. The van der Waals surface area contributed by atoms with Gasteiger partial charge in [-0.25, -0.2) is 0 Å². The Morgan fingerprint density at radius 2 is 1.72 bits per heavy atom. The van der Waals surface area contributed by atoms with Crippen molar-refractivity contribution in [2.75, 3.05) is 39.4 Å². The third-order valence-corrected chi connectivity index (χ3v) is 6.84. The number of rotatable bonds is 6. The molecular formula is C28H28N4O4. The summed E-state index contributed by atoms with van der Waals surface area (Å²) in [5.74, 6) is 1.37. The molecule has 0 aliphatic carbocycles. The zero-order valence-electron chi connectivity index (χ0n) is 20.3. The van der Waals surface area contributed by atoms with E-state index in [1.807, 2.05) is 37.6 Å². The summed E-state index contributed by atoms with van der Waals surface area (Å²) < 4.78 is 17.3. The second-order valence-electron chi connectivity index (χ2n) is 9.32. The number of piperazine rings is 1. The zero-order valence-corrected chi connectivity index (χ0v) is 20.3. The van der Waals surface area contributed by atoms with Gasteiger partial charge < -0.3 is 13.9 Å². The number of nitrogens with zero attached hydrogens (tertiary/aromatic N) is 4. The first-order chi connectivity index (χ1) is 17.6. The standard InChI is InChI=1S/C28H28N4O4/c1-19-28-23(14-26(36-28)27(33)21-4-5-24-25(13-21)35-12-11-34-24)22(16-30-19)18-32-9-7-31(8-10-32)17-20-3-2-6-29-15-20/h2-6,13-16H,7-12,17-18H2,1H3. The Balaban J connectivity index is 1.18. The Kier molecular flexibility index (Phi) is 6.13. The maximum absolute atomic E-state index is 13.3. The van der Waals surface area contributed by atoms with E-state index >= 15 is 0 Å². The van der Waals surface area contributed by atoms with Crippen LogP contribution in [0, 0.1) is 6.92 Å². The lowest BCUT2D eigenvalue weighted by Gasteiger charge is -2.34. The third-order valence-electron chi connectivity index (χ3n) is 6.84. The van der Waals surface area contributed by atoms with Crippen LogP contribution in [0.4, 0.5) is 0 Å². The molecule has 4 aromatic rings. The number of furan rings is 1. The van der Waals surface area contributed by atoms with Crippen molar-refractivity contribution in [3.8, 4) is 11.5 Å². The van der Waals surface area contributed by atoms with Crippen molar-refractivity contribution in [2.24, 2.45) is 0 Å². The van der Waals surface area contributed by atoms with E-state index in [1.165, 1.54) is 5.56 Å². The smallest absolute Gasteiger partial charge is 0.228 e. The summed E-state index contributed by atoms with van der Waals surface area (Å²) in [6.45, 7) is 8.51. The molecule has 2 aliphatic heterocycles. The highest BCUT2D eigenvalue weighted by Gasteiger charge is 2.23. The summed E-state index contributed by atoms with van der Waals surface area (Å²) in [6, 6.07) is 11.2. The zero-order chi connectivity index (χ0) is 24.5. The Labute approximate surface area is 209 Å².